The van der Waals surface area contributed by atoms with Crippen LogP contribution in [0.25, 0.3) is 0 Å². The number of hydrogen-bond donors (Lipinski definition) is 2. The number of alkyl carbamates (subject to hydrolysis) is 1. The minimum atomic E-state index is -0.436. The SMILES string of the molecule is CN1CCNCC(NC(=O)OC(C)(C)C)C1. The van der Waals surface area contributed by atoms with Crippen molar-refractivity contribution in [1.29, 1.82) is 0 Å². The van der Waals surface area contributed by atoms with Gasteiger partial charge in [0, 0.05) is 26.2 Å². The lowest BCUT2D eigenvalue weighted by atomic mass is 10.2. The van der Waals surface area contributed by atoms with E-state index in [1.54, 1.807) is 0 Å². The molecule has 5 heteroatoms. The first-order valence-electron chi connectivity index (χ1n) is 5.75. The highest BCUT2D eigenvalue weighted by Crippen LogP contribution is 2.07. The first kappa shape index (κ1) is 13.3. The number of hydrogen-bond acceptors (Lipinski definition) is 4. The van der Waals surface area contributed by atoms with Crippen LogP contribution in [0.3, 0.4) is 0 Å². The quantitative estimate of drug-likeness (QED) is 0.684. The minimum Gasteiger partial charge on any atom is -0.444 e. The van der Waals surface area contributed by atoms with Gasteiger partial charge in [-0.1, -0.05) is 0 Å². The van der Waals surface area contributed by atoms with Crippen LogP contribution in [0.2, 0.25) is 0 Å². The molecule has 0 spiro atoms. The van der Waals surface area contributed by atoms with E-state index in [4.69, 9.17) is 4.74 Å². The lowest BCUT2D eigenvalue weighted by molar-refractivity contribution is 0.0498. The summed E-state index contributed by atoms with van der Waals surface area (Å²) in [6.07, 6.45) is -0.338. The van der Waals surface area contributed by atoms with Crippen molar-refractivity contribution in [3.8, 4) is 0 Å². The molecule has 1 unspecified atom stereocenters. The van der Waals surface area contributed by atoms with Crippen LogP contribution in [0.1, 0.15) is 20.8 Å². The van der Waals surface area contributed by atoms with Gasteiger partial charge in [0.2, 0.25) is 0 Å². The number of nitrogens with zero attached hydrogens (tertiary/aromatic N) is 1. The second-order valence-electron chi connectivity index (χ2n) is 5.31. The Labute approximate surface area is 97.5 Å². The van der Waals surface area contributed by atoms with Crippen molar-refractivity contribution in [2.24, 2.45) is 0 Å². The Balaban J connectivity index is 2.37. The molecule has 1 fully saturated rings. The van der Waals surface area contributed by atoms with Gasteiger partial charge in [0.15, 0.2) is 0 Å². The highest BCUT2D eigenvalue weighted by atomic mass is 16.6. The van der Waals surface area contributed by atoms with E-state index in [-0.39, 0.29) is 12.1 Å². The summed E-state index contributed by atoms with van der Waals surface area (Å²) < 4.78 is 5.22. The molecule has 1 saturated heterocycles. The Kier molecular flexibility index (Phi) is 4.56. The molecule has 2 N–H and O–H groups in total. The van der Waals surface area contributed by atoms with Gasteiger partial charge >= 0.3 is 6.09 Å². The Hall–Kier alpha value is -0.810. The van der Waals surface area contributed by atoms with Crippen LogP contribution in [-0.4, -0.2) is 55.9 Å². The molecule has 1 heterocycles. The number of carbonyl (C=O) groups excluding carboxylic acids is 1. The molecule has 5 nitrogen and oxygen atoms in total. The topological polar surface area (TPSA) is 53.6 Å². The Morgan fingerprint density at radius 3 is 2.81 bits per heavy atom. The van der Waals surface area contributed by atoms with E-state index in [1.165, 1.54) is 0 Å². The molecule has 0 saturated carbocycles. The highest BCUT2D eigenvalue weighted by Gasteiger charge is 2.21. The van der Waals surface area contributed by atoms with Gasteiger partial charge in [0.1, 0.15) is 5.60 Å². The summed E-state index contributed by atoms with van der Waals surface area (Å²) in [6, 6.07) is 0.113. The number of nitrogens with one attached hydrogen (secondary N) is 2. The monoisotopic (exact) mass is 229 g/mol. The van der Waals surface area contributed by atoms with E-state index in [0.717, 1.165) is 26.2 Å². The van der Waals surface area contributed by atoms with Crippen LogP contribution < -0.4 is 10.6 Å². The van der Waals surface area contributed by atoms with Crippen molar-refractivity contribution in [2.75, 3.05) is 33.2 Å². The van der Waals surface area contributed by atoms with E-state index in [2.05, 4.69) is 22.6 Å². The fourth-order valence-electron chi connectivity index (χ4n) is 1.65. The minimum absolute atomic E-state index is 0.113. The van der Waals surface area contributed by atoms with E-state index < -0.39 is 5.60 Å². The van der Waals surface area contributed by atoms with Crippen molar-refractivity contribution in [3.63, 3.8) is 0 Å². The molecule has 1 aliphatic heterocycles. The average molecular weight is 229 g/mol. The average Bonchev–Trinajstić information content (AvgIpc) is 2.26. The third-order valence-corrected chi connectivity index (χ3v) is 2.31. The highest BCUT2D eigenvalue weighted by molar-refractivity contribution is 5.68. The largest absolute Gasteiger partial charge is 0.444 e. The predicted octanol–water partition coefficient (Wildman–Crippen LogP) is 0.415. The molecule has 1 atom stereocenters. The van der Waals surface area contributed by atoms with Crippen LogP contribution in [0.15, 0.2) is 0 Å². The number of carbonyl (C=O) groups is 1. The van der Waals surface area contributed by atoms with Gasteiger partial charge in [-0.3, -0.25) is 0 Å². The van der Waals surface area contributed by atoms with Crippen LogP contribution >= 0.6 is 0 Å². The van der Waals surface area contributed by atoms with Gasteiger partial charge in [0.25, 0.3) is 0 Å². The zero-order valence-corrected chi connectivity index (χ0v) is 10.7. The van der Waals surface area contributed by atoms with Crippen LogP contribution in [0.4, 0.5) is 4.79 Å². The maximum absolute atomic E-state index is 11.6. The molecule has 16 heavy (non-hydrogen) atoms. The van der Waals surface area contributed by atoms with Gasteiger partial charge in [-0.2, -0.15) is 0 Å². The van der Waals surface area contributed by atoms with E-state index >= 15 is 0 Å². The van der Waals surface area contributed by atoms with Crippen LogP contribution in [-0.2, 0) is 4.74 Å². The first-order valence-corrected chi connectivity index (χ1v) is 5.75. The molecular formula is C11H23N3O2. The Bertz CT molecular complexity index is 238. The summed E-state index contributed by atoms with van der Waals surface area (Å²) in [4.78, 5) is 13.8. The third kappa shape index (κ3) is 5.32. The van der Waals surface area contributed by atoms with Gasteiger partial charge in [-0.25, -0.2) is 4.79 Å². The van der Waals surface area contributed by atoms with Crippen molar-refractivity contribution >= 4 is 6.09 Å². The molecule has 0 aromatic carbocycles. The normalized spacial score (nSPS) is 23.6. The van der Waals surface area contributed by atoms with Crippen molar-refractivity contribution < 1.29 is 9.53 Å². The predicted molar refractivity (Wildman–Crippen MR) is 63.5 cm³/mol. The van der Waals surface area contributed by atoms with Gasteiger partial charge in [-0.05, 0) is 27.8 Å². The number of amides is 1. The fourth-order valence-corrected chi connectivity index (χ4v) is 1.65. The summed E-state index contributed by atoms with van der Waals surface area (Å²) in [5.41, 5.74) is -0.436. The maximum atomic E-state index is 11.6. The zero-order chi connectivity index (χ0) is 12.2. The molecule has 1 aliphatic rings. The van der Waals surface area contributed by atoms with Gasteiger partial charge < -0.3 is 20.3 Å². The molecule has 0 bridgehead atoms. The summed E-state index contributed by atoms with van der Waals surface area (Å²) in [5.74, 6) is 0. The Morgan fingerprint density at radius 2 is 2.19 bits per heavy atom. The second kappa shape index (κ2) is 5.50. The first-order chi connectivity index (χ1) is 7.37. The van der Waals surface area contributed by atoms with E-state index in [9.17, 15) is 4.79 Å². The molecule has 1 amide bonds. The summed E-state index contributed by atoms with van der Waals surface area (Å²) in [6.45, 7) is 9.21. The van der Waals surface area contributed by atoms with Gasteiger partial charge in [-0.15, -0.1) is 0 Å². The van der Waals surface area contributed by atoms with E-state index in [1.807, 2.05) is 20.8 Å². The smallest absolute Gasteiger partial charge is 0.407 e. The van der Waals surface area contributed by atoms with Crippen molar-refractivity contribution in [3.05, 3.63) is 0 Å². The molecule has 0 aliphatic carbocycles. The fraction of sp³-hybridized carbons (Fsp3) is 0.909. The van der Waals surface area contributed by atoms with E-state index in [0.29, 0.717) is 0 Å². The summed E-state index contributed by atoms with van der Waals surface area (Å²) >= 11 is 0. The molecule has 94 valence electrons. The van der Waals surface area contributed by atoms with Crippen molar-refractivity contribution in [1.82, 2.24) is 15.5 Å². The lowest BCUT2D eigenvalue weighted by Crippen LogP contribution is -2.47. The third-order valence-electron chi connectivity index (χ3n) is 2.31. The molecule has 1 rings (SSSR count). The maximum Gasteiger partial charge on any atom is 0.407 e. The standard InChI is InChI=1S/C11H23N3O2/c1-11(2,3)16-10(15)13-9-7-12-5-6-14(4)8-9/h9,12H,5-8H2,1-4H3,(H,13,15). The van der Waals surface area contributed by atoms with Crippen LogP contribution in [0.5, 0.6) is 0 Å². The zero-order valence-electron chi connectivity index (χ0n) is 10.7. The molecule has 0 aromatic rings. The van der Waals surface area contributed by atoms with Crippen LogP contribution in [0, 0.1) is 0 Å². The second-order valence-corrected chi connectivity index (χ2v) is 5.31. The van der Waals surface area contributed by atoms with Crippen molar-refractivity contribution in [2.45, 2.75) is 32.4 Å². The number of rotatable bonds is 1. The molecule has 0 aromatic heterocycles. The number of ether oxygens (including phenoxy) is 1. The number of likely N-dealkylation sites (N-methyl/N-ethyl adjacent to an activating group) is 1. The molecular weight excluding hydrogens is 206 g/mol. The lowest BCUT2D eigenvalue weighted by Gasteiger charge is -2.24. The summed E-state index contributed by atoms with van der Waals surface area (Å²) in [7, 11) is 2.05. The molecule has 0 radical (unpaired) electrons. The van der Waals surface area contributed by atoms with Gasteiger partial charge in [0.05, 0.1) is 6.04 Å². The Morgan fingerprint density at radius 1 is 1.50 bits per heavy atom. The summed E-state index contributed by atoms with van der Waals surface area (Å²) in [5, 5.41) is 6.16.